The third kappa shape index (κ3) is 2.38. The molecule has 0 fully saturated rings. The van der Waals surface area contributed by atoms with Gasteiger partial charge in [-0.05, 0) is 61.6 Å². The zero-order valence-corrected chi connectivity index (χ0v) is 16.9. The SMILES string of the molecule is c1ccc2c(c1)[nH]c1cc(-c3ccc4c5ccccc5c5ccccc5c4c3)ccc12. The van der Waals surface area contributed by atoms with Crippen LogP contribution in [-0.4, -0.2) is 4.98 Å². The number of aromatic amines is 1. The van der Waals surface area contributed by atoms with E-state index < -0.39 is 0 Å². The van der Waals surface area contributed by atoms with E-state index in [-0.39, 0.29) is 0 Å². The van der Waals surface area contributed by atoms with E-state index in [0.29, 0.717) is 0 Å². The second-order valence-electron chi connectivity index (χ2n) is 8.28. The van der Waals surface area contributed by atoms with Crippen LogP contribution in [0.5, 0.6) is 0 Å². The first kappa shape index (κ1) is 16.7. The summed E-state index contributed by atoms with van der Waals surface area (Å²) in [5.41, 5.74) is 4.85. The molecule has 1 aromatic heterocycles. The second-order valence-corrected chi connectivity index (χ2v) is 8.28. The summed E-state index contributed by atoms with van der Waals surface area (Å²) in [6, 6.07) is 39.6. The second kappa shape index (κ2) is 6.20. The fourth-order valence-electron chi connectivity index (χ4n) is 5.12. The standard InChI is InChI=1S/C30H19N/c1-2-9-23-21(7-1)22-8-3-4-10-24(22)28-17-19(13-15-25(23)28)20-14-16-27-26-11-5-6-12-29(26)31-30(27)18-20/h1-18,31H. The van der Waals surface area contributed by atoms with Crippen molar-refractivity contribution >= 4 is 54.1 Å². The number of hydrogen-bond donors (Lipinski definition) is 1. The molecule has 0 atom stereocenters. The normalized spacial score (nSPS) is 11.9. The van der Waals surface area contributed by atoms with Gasteiger partial charge < -0.3 is 4.98 Å². The Labute approximate surface area is 179 Å². The molecule has 1 heteroatoms. The molecule has 6 aromatic carbocycles. The van der Waals surface area contributed by atoms with E-state index in [9.17, 15) is 0 Å². The number of H-pyrrole nitrogens is 1. The summed E-state index contributed by atoms with van der Waals surface area (Å²) in [5, 5.41) is 10.4. The van der Waals surface area contributed by atoms with Gasteiger partial charge in [0.15, 0.2) is 0 Å². The summed E-state index contributed by atoms with van der Waals surface area (Å²) >= 11 is 0. The van der Waals surface area contributed by atoms with E-state index >= 15 is 0 Å². The van der Waals surface area contributed by atoms with Crippen LogP contribution in [0.25, 0.3) is 65.3 Å². The zero-order valence-electron chi connectivity index (χ0n) is 16.9. The lowest BCUT2D eigenvalue weighted by atomic mass is 9.92. The van der Waals surface area contributed by atoms with Crippen LogP contribution in [-0.2, 0) is 0 Å². The predicted octanol–water partition coefficient (Wildman–Crippen LogP) is 8.45. The maximum atomic E-state index is 3.58. The van der Waals surface area contributed by atoms with Crippen LogP contribution in [0.4, 0.5) is 0 Å². The van der Waals surface area contributed by atoms with E-state index in [2.05, 4.69) is 114 Å². The van der Waals surface area contributed by atoms with Crippen LogP contribution in [0.1, 0.15) is 0 Å². The van der Waals surface area contributed by atoms with Gasteiger partial charge in [-0.3, -0.25) is 0 Å². The van der Waals surface area contributed by atoms with Crippen LogP contribution in [0.3, 0.4) is 0 Å². The van der Waals surface area contributed by atoms with Gasteiger partial charge >= 0.3 is 0 Å². The summed E-state index contributed by atoms with van der Waals surface area (Å²) in [5.74, 6) is 0. The molecule has 0 unspecified atom stereocenters. The Morgan fingerprint density at radius 3 is 1.45 bits per heavy atom. The minimum Gasteiger partial charge on any atom is -0.354 e. The molecule has 144 valence electrons. The molecular formula is C30H19N. The fourth-order valence-corrected chi connectivity index (χ4v) is 5.12. The summed E-state index contributed by atoms with van der Waals surface area (Å²) in [6.07, 6.45) is 0. The molecule has 31 heavy (non-hydrogen) atoms. The molecule has 0 saturated heterocycles. The lowest BCUT2D eigenvalue weighted by Gasteiger charge is -2.12. The molecule has 0 bridgehead atoms. The monoisotopic (exact) mass is 393 g/mol. The number of fused-ring (bicyclic) bond motifs is 9. The first-order valence-electron chi connectivity index (χ1n) is 10.7. The van der Waals surface area contributed by atoms with Crippen LogP contribution in [0.2, 0.25) is 0 Å². The molecule has 0 aliphatic carbocycles. The summed E-state index contributed by atoms with van der Waals surface area (Å²) in [4.78, 5) is 3.58. The van der Waals surface area contributed by atoms with Gasteiger partial charge in [-0.2, -0.15) is 0 Å². The molecular weight excluding hydrogens is 374 g/mol. The molecule has 0 radical (unpaired) electrons. The van der Waals surface area contributed by atoms with Crippen molar-refractivity contribution < 1.29 is 0 Å². The van der Waals surface area contributed by atoms with Crippen molar-refractivity contribution in [3.8, 4) is 11.1 Å². The molecule has 1 heterocycles. The number of nitrogens with one attached hydrogen (secondary N) is 1. The van der Waals surface area contributed by atoms with Crippen molar-refractivity contribution in [3.05, 3.63) is 109 Å². The lowest BCUT2D eigenvalue weighted by Crippen LogP contribution is -1.85. The van der Waals surface area contributed by atoms with Gasteiger partial charge in [0, 0.05) is 21.8 Å². The van der Waals surface area contributed by atoms with E-state index in [0.717, 1.165) is 0 Å². The van der Waals surface area contributed by atoms with Crippen LogP contribution in [0.15, 0.2) is 109 Å². The van der Waals surface area contributed by atoms with Crippen LogP contribution >= 0.6 is 0 Å². The molecule has 0 saturated carbocycles. The van der Waals surface area contributed by atoms with Gasteiger partial charge in [-0.1, -0.05) is 91.0 Å². The number of aromatic nitrogens is 1. The van der Waals surface area contributed by atoms with Crippen molar-refractivity contribution in [2.24, 2.45) is 0 Å². The first-order valence-corrected chi connectivity index (χ1v) is 10.7. The molecule has 1 nitrogen and oxygen atoms in total. The highest BCUT2D eigenvalue weighted by Gasteiger charge is 2.10. The van der Waals surface area contributed by atoms with Crippen molar-refractivity contribution in [2.75, 3.05) is 0 Å². The number of hydrogen-bond acceptors (Lipinski definition) is 0. The maximum Gasteiger partial charge on any atom is 0.0471 e. The largest absolute Gasteiger partial charge is 0.354 e. The molecule has 7 aromatic rings. The first-order chi connectivity index (χ1) is 15.4. The molecule has 0 amide bonds. The Balaban J connectivity index is 1.52. The summed E-state index contributed by atoms with van der Waals surface area (Å²) in [7, 11) is 0. The Bertz CT molecular complexity index is 1750. The van der Waals surface area contributed by atoms with Gasteiger partial charge in [0.1, 0.15) is 0 Å². The van der Waals surface area contributed by atoms with Crippen LogP contribution in [0, 0.1) is 0 Å². The lowest BCUT2D eigenvalue weighted by molar-refractivity contribution is 1.54. The fraction of sp³-hybridized carbons (Fsp3) is 0. The van der Waals surface area contributed by atoms with Crippen molar-refractivity contribution in [3.63, 3.8) is 0 Å². The van der Waals surface area contributed by atoms with Crippen molar-refractivity contribution in [2.45, 2.75) is 0 Å². The van der Waals surface area contributed by atoms with Gasteiger partial charge in [0.05, 0.1) is 0 Å². The molecule has 1 N–H and O–H groups in total. The van der Waals surface area contributed by atoms with Crippen molar-refractivity contribution in [1.82, 2.24) is 4.98 Å². The summed E-state index contributed by atoms with van der Waals surface area (Å²) < 4.78 is 0. The van der Waals surface area contributed by atoms with E-state index in [4.69, 9.17) is 0 Å². The van der Waals surface area contributed by atoms with Crippen molar-refractivity contribution in [1.29, 1.82) is 0 Å². The third-order valence-corrected chi connectivity index (χ3v) is 6.58. The molecule has 7 rings (SSSR count). The van der Waals surface area contributed by atoms with E-state index in [1.807, 2.05) is 0 Å². The molecule has 0 aliphatic rings. The smallest absolute Gasteiger partial charge is 0.0471 e. The highest BCUT2D eigenvalue weighted by Crippen LogP contribution is 2.37. The van der Waals surface area contributed by atoms with Gasteiger partial charge in [0.2, 0.25) is 0 Å². The van der Waals surface area contributed by atoms with E-state index in [1.165, 1.54) is 65.3 Å². The highest BCUT2D eigenvalue weighted by molar-refractivity contribution is 6.25. The van der Waals surface area contributed by atoms with Gasteiger partial charge in [0.25, 0.3) is 0 Å². The number of benzene rings is 6. The average Bonchev–Trinajstić information content (AvgIpc) is 3.22. The topological polar surface area (TPSA) is 15.8 Å². The average molecular weight is 393 g/mol. The van der Waals surface area contributed by atoms with E-state index in [1.54, 1.807) is 0 Å². The van der Waals surface area contributed by atoms with Gasteiger partial charge in [-0.25, -0.2) is 0 Å². The Kier molecular flexibility index (Phi) is 3.33. The highest BCUT2D eigenvalue weighted by atomic mass is 14.7. The van der Waals surface area contributed by atoms with Crippen LogP contribution < -0.4 is 0 Å². The number of rotatable bonds is 1. The third-order valence-electron chi connectivity index (χ3n) is 6.58. The Morgan fingerprint density at radius 1 is 0.323 bits per heavy atom. The number of para-hydroxylation sites is 1. The molecule has 0 spiro atoms. The maximum absolute atomic E-state index is 3.58. The quantitative estimate of drug-likeness (QED) is 0.269. The minimum absolute atomic E-state index is 1.18. The van der Waals surface area contributed by atoms with Gasteiger partial charge in [-0.15, -0.1) is 0 Å². The Hall–Kier alpha value is -4.10. The predicted molar refractivity (Wildman–Crippen MR) is 134 cm³/mol. The minimum atomic E-state index is 1.18. The Morgan fingerprint density at radius 2 is 0.774 bits per heavy atom. The summed E-state index contributed by atoms with van der Waals surface area (Å²) in [6.45, 7) is 0. The zero-order chi connectivity index (χ0) is 20.4. The molecule has 0 aliphatic heterocycles.